The number of benzene rings is 1. The van der Waals surface area contributed by atoms with Gasteiger partial charge in [-0.3, -0.25) is 14.5 Å². The van der Waals surface area contributed by atoms with Crippen molar-refractivity contribution in [2.45, 2.75) is 49.7 Å². The smallest absolute Gasteiger partial charge is 0.250 e. The van der Waals surface area contributed by atoms with E-state index in [-0.39, 0.29) is 29.1 Å². The molecule has 1 aromatic heterocycles. The van der Waals surface area contributed by atoms with Crippen LogP contribution in [0, 0.1) is 11.7 Å². The number of nitrogens with one attached hydrogen (secondary N) is 1. The van der Waals surface area contributed by atoms with Crippen LogP contribution in [0.25, 0.3) is 0 Å². The van der Waals surface area contributed by atoms with E-state index in [2.05, 4.69) is 15.2 Å². The van der Waals surface area contributed by atoms with Gasteiger partial charge in [0.1, 0.15) is 5.54 Å². The van der Waals surface area contributed by atoms with Crippen LogP contribution < -0.4 is 5.32 Å². The van der Waals surface area contributed by atoms with Gasteiger partial charge in [0, 0.05) is 60.0 Å². The standard InChI is InChI=1S/C24H23Cl2FN4O2/c1-12(32)30-9-7-18-21(30)19(15-6-8-28-22(26)20(15)27)24(31(18)11-13-2-3-13)16-5-4-14(25)10-17(16)29-23(24)33/h4-6,8,10,13,18-19,21H,2-3,7,9,11H2,1H3,(H,29,33)/t18-,19-,21?,24+/m0/s1. The van der Waals surface area contributed by atoms with Gasteiger partial charge in [0.05, 0.1) is 6.04 Å². The third-order valence-corrected chi connectivity index (χ3v) is 8.32. The van der Waals surface area contributed by atoms with Gasteiger partial charge in [-0.15, -0.1) is 0 Å². The minimum absolute atomic E-state index is 0.0711. The molecular formula is C24H23Cl2FN4O2. The number of pyridine rings is 1. The van der Waals surface area contributed by atoms with Gasteiger partial charge in [-0.1, -0.05) is 29.3 Å². The molecule has 172 valence electrons. The molecule has 9 heteroatoms. The van der Waals surface area contributed by atoms with Crippen molar-refractivity contribution < 1.29 is 14.0 Å². The Morgan fingerprint density at radius 1 is 1.27 bits per heavy atom. The zero-order valence-corrected chi connectivity index (χ0v) is 19.5. The fraction of sp³-hybridized carbons (Fsp3) is 0.458. The maximum absolute atomic E-state index is 15.6. The summed E-state index contributed by atoms with van der Waals surface area (Å²) in [6, 6.07) is 6.54. The second-order valence-corrected chi connectivity index (χ2v) is 10.3. The van der Waals surface area contributed by atoms with Crippen molar-refractivity contribution in [3.8, 4) is 0 Å². The molecule has 0 radical (unpaired) electrons. The molecule has 1 unspecified atom stereocenters. The van der Waals surface area contributed by atoms with Gasteiger partial charge < -0.3 is 10.2 Å². The van der Waals surface area contributed by atoms with Crippen LogP contribution >= 0.6 is 23.2 Å². The van der Waals surface area contributed by atoms with Gasteiger partial charge >= 0.3 is 0 Å². The molecule has 2 saturated heterocycles. The van der Waals surface area contributed by atoms with Crippen LogP contribution in [0.4, 0.5) is 10.1 Å². The number of hydrogen-bond acceptors (Lipinski definition) is 4. The summed E-state index contributed by atoms with van der Waals surface area (Å²) in [5, 5.41) is 3.30. The Bertz CT molecular complexity index is 1190. The largest absolute Gasteiger partial charge is 0.338 e. The summed E-state index contributed by atoms with van der Waals surface area (Å²) in [6.45, 7) is 2.83. The molecule has 0 bridgehead atoms. The molecule has 3 aliphatic heterocycles. The van der Waals surface area contributed by atoms with E-state index in [1.165, 1.54) is 13.1 Å². The first-order chi connectivity index (χ1) is 15.8. The van der Waals surface area contributed by atoms with Crippen molar-refractivity contribution in [2.24, 2.45) is 5.92 Å². The highest BCUT2D eigenvalue weighted by Gasteiger charge is 2.70. The lowest BCUT2D eigenvalue weighted by Crippen LogP contribution is -2.53. The maximum atomic E-state index is 15.6. The van der Waals surface area contributed by atoms with Crippen LogP contribution in [0.2, 0.25) is 10.2 Å². The topological polar surface area (TPSA) is 65.5 Å². The van der Waals surface area contributed by atoms with Crippen molar-refractivity contribution in [2.75, 3.05) is 18.4 Å². The van der Waals surface area contributed by atoms with E-state index < -0.39 is 17.3 Å². The van der Waals surface area contributed by atoms with Crippen molar-refractivity contribution in [1.82, 2.24) is 14.8 Å². The SMILES string of the molecule is CC(=O)N1CC[C@H]2C1[C@H](c1ccnc(Cl)c1F)[C@]1(C(=O)Nc3cc(Cl)ccc31)N2CC1CC1. The van der Waals surface area contributed by atoms with Crippen LogP contribution in [0.3, 0.4) is 0 Å². The Hall–Kier alpha value is -2.22. The first-order valence-electron chi connectivity index (χ1n) is 11.3. The summed E-state index contributed by atoms with van der Waals surface area (Å²) in [4.78, 5) is 34.6. The molecule has 2 aromatic rings. The number of amides is 2. The second-order valence-electron chi connectivity index (χ2n) is 9.55. The Balaban J connectivity index is 1.65. The highest BCUT2D eigenvalue weighted by Crippen LogP contribution is 2.61. The van der Waals surface area contributed by atoms with Crippen molar-refractivity contribution in [3.05, 3.63) is 57.6 Å². The van der Waals surface area contributed by atoms with Crippen molar-refractivity contribution in [1.29, 1.82) is 0 Å². The Morgan fingerprint density at radius 3 is 2.79 bits per heavy atom. The zero-order chi connectivity index (χ0) is 23.1. The predicted octanol–water partition coefficient (Wildman–Crippen LogP) is 4.17. The molecule has 1 spiro atoms. The van der Waals surface area contributed by atoms with E-state index in [9.17, 15) is 9.59 Å². The fourth-order valence-electron chi connectivity index (χ4n) is 6.42. The predicted molar refractivity (Wildman–Crippen MR) is 123 cm³/mol. The molecule has 4 aliphatic rings. The van der Waals surface area contributed by atoms with Crippen LogP contribution in [0.15, 0.2) is 30.5 Å². The molecule has 4 atom stereocenters. The minimum Gasteiger partial charge on any atom is -0.338 e. The van der Waals surface area contributed by atoms with Crippen LogP contribution in [0.5, 0.6) is 0 Å². The Kier molecular flexibility index (Phi) is 4.77. The molecule has 1 saturated carbocycles. The average Bonchev–Trinajstić information content (AvgIpc) is 3.32. The molecule has 33 heavy (non-hydrogen) atoms. The Labute approximate surface area is 201 Å². The fourth-order valence-corrected chi connectivity index (χ4v) is 6.76. The van der Waals surface area contributed by atoms with E-state index in [0.29, 0.717) is 28.7 Å². The summed E-state index contributed by atoms with van der Waals surface area (Å²) >= 11 is 12.4. The normalized spacial score (nSPS) is 30.6. The molecule has 6 nitrogen and oxygen atoms in total. The summed E-state index contributed by atoms with van der Waals surface area (Å²) in [5.74, 6) is -1.08. The van der Waals surface area contributed by atoms with Crippen LogP contribution in [-0.2, 0) is 15.1 Å². The number of nitrogens with zero attached hydrogens (tertiary/aromatic N) is 3. The molecule has 1 N–H and O–H groups in total. The van der Waals surface area contributed by atoms with E-state index in [4.69, 9.17) is 23.2 Å². The number of halogens is 3. The van der Waals surface area contributed by atoms with Gasteiger partial charge in [-0.05, 0) is 43.4 Å². The molecule has 2 amide bonds. The van der Waals surface area contributed by atoms with E-state index >= 15 is 4.39 Å². The van der Waals surface area contributed by atoms with Gasteiger partial charge in [0.2, 0.25) is 11.8 Å². The number of likely N-dealkylation sites (tertiary alicyclic amines) is 2. The van der Waals surface area contributed by atoms with Gasteiger partial charge in [-0.25, -0.2) is 9.37 Å². The molecule has 1 aromatic carbocycles. The lowest BCUT2D eigenvalue weighted by Gasteiger charge is -2.40. The highest BCUT2D eigenvalue weighted by molar-refractivity contribution is 6.31. The van der Waals surface area contributed by atoms with Gasteiger partial charge in [-0.2, -0.15) is 0 Å². The van der Waals surface area contributed by atoms with E-state index in [0.717, 1.165) is 31.4 Å². The van der Waals surface area contributed by atoms with E-state index in [1.54, 1.807) is 23.1 Å². The molecule has 3 fully saturated rings. The maximum Gasteiger partial charge on any atom is 0.250 e. The molecular weight excluding hydrogens is 466 g/mol. The summed E-state index contributed by atoms with van der Waals surface area (Å²) < 4.78 is 15.6. The number of carbonyl (C=O) groups is 2. The third kappa shape index (κ3) is 2.92. The monoisotopic (exact) mass is 488 g/mol. The first-order valence-corrected chi connectivity index (χ1v) is 12.0. The summed E-state index contributed by atoms with van der Waals surface area (Å²) in [6.07, 6.45) is 4.41. The van der Waals surface area contributed by atoms with Gasteiger partial charge in [0.15, 0.2) is 11.0 Å². The highest BCUT2D eigenvalue weighted by atomic mass is 35.5. The van der Waals surface area contributed by atoms with Crippen LogP contribution in [-0.4, -0.2) is 51.8 Å². The number of aromatic nitrogens is 1. The summed E-state index contributed by atoms with van der Waals surface area (Å²) in [7, 11) is 0. The number of carbonyl (C=O) groups excluding carboxylic acids is 2. The number of anilines is 1. The Morgan fingerprint density at radius 2 is 2.06 bits per heavy atom. The number of fused-ring (bicyclic) bond motifs is 3. The van der Waals surface area contributed by atoms with Crippen molar-refractivity contribution >= 4 is 40.7 Å². The zero-order valence-electron chi connectivity index (χ0n) is 18.0. The van der Waals surface area contributed by atoms with Crippen molar-refractivity contribution in [3.63, 3.8) is 0 Å². The second kappa shape index (κ2) is 7.39. The van der Waals surface area contributed by atoms with Gasteiger partial charge in [0.25, 0.3) is 0 Å². The first kappa shape index (κ1) is 21.3. The molecule has 6 rings (SSSR count). The average molecular weight is 489 g/mol. The third-order valence-electron chi connectivity index (χ3n) is 7.82. The number of rotatable bonds is 3. The number of hydrogen-bond donors (Lipinski definition) is 1. The quantitative estimate of drug-likeness (QED) is 0.658. The van der Waals surface area contributed by atoms with Crippen LogP contribution in [0.1, 0.15) is 43.2 Å². The lowest BCUT2D eigenvalue weighted by molar-refractivity contribution is -0.132. The van der Waals surface area contributed by atoms with E-state index in [1.807, 2.05) is 6.07 Å². The molecule has 4 heterocycles. The lowest BCUT2D eigenvalue weighted by atomic mass is 9.73. The minimum atomic E-state index is -1.17. The molecule has 1 aliphatic carbocycles. The summed E-state index contributed by atoms with van der Waals surface area (Å²) in [5.41, 5.74) is 0.549.